The van der Waals surface area contributed by atoms with E-state index in [-0.39, 0.29) is 23.7 Å². The van der Waals surface area contributed by atoms with Crippen molar-refractivity contribution < 1.29 is 19.1 Å². The lowest BCUT2D eigenvalue weighted by atomic mass is 9.62. The Balaban J connectivity index is 1.21. The topological polar surface area (TPSA) is 55.8 Å². The molecule has 5 nitrogen and oxygen atoms in total. The number of amides is 2. The number of carbonyl (C=O) groups excluding carboxylic acids is 2. The molecule has 0 aliphatic heterocycles. The maximum atomic E-state index is 13.4. The van der Waals surface area contributed by atoms with E-state index in [0.717, 1.165) is 23.8 Å². The van der Waals surface area contributed by atoms with Gasteiger partial charge in [0.2, 0.25) is 12.3 Å². The van der Waals surface area contributed by atoms with Crippen LogP contribution in [0.1, 0.15) is 18.9 Å². The van der Waals surface area contributed by atoms with Gasteiger partial charge in [0.15, 0.2) is 0 Å². The number of fused-ring (bicyclic) bond motifs is 1. The van der Waals surface area contributed by atoms with Crippen molar-refractivity contribution >= 4 is 18.0 Å². The van der Waals surface area contributed by atoms with Crippen LogP contribution in [0.5, 0.6) is 11.5 Å². The predicted octanol–water partition coefficient (Wildman–Crippen LogP) is 4.51. The van der Waals surface area contributed by atoms with E-state index in [9.17, 15) is 9.59 Å². The molecule has 4 aliphatic rings. The van der Waals surface area contributed by atoms with Crippen molar-refractivity contribution in [2.24, 2.45) is 35.5 Å². The number of hydrogen-bond donors (Lipinski definition) is 0. The van der Waals surface area contributed by atoms with Gasteiger partial charge in [0.25, 0.3) is 0 Å². The monoisotopic (exact) mass is 431 g/mol. The summed E-state index contributed by atoms with van der Waals surface area (Å²) in [5.74, 6) is 3.78. The first-order valence-electron chi connectivity index (χ1n) is 11.4. The fraction of sp³-hybridized carbons (Fsp3) is 0.407. The van der Waals surface area contributed by atoms with Gasteiger partial charge in [0.05, 0.1) is 19.4 Å². The number of benzene rings is 2. The van der Waals surface area contributed by atoms with Gasteiger partial charge in [-0.25, -0.2) is 0 Å². The molecule has 166 valence electrons. The molecular weight excluding hydrogens is 402 g/mol. The minimum absolute atomic E-state index is 0.0784. The van der Waals surface area contributed by atoms with Crippen molar-refractivity contribution in [1.82, 2.24) is 0 Å². The quantitative estimate of drug-likeness (QED) is 0.456. The van der Waals surface area contributed by atoms with Gasteiger partial charge in [0, 0.05) is 12.3 Å². The lowest BCUT2D eigenvalue weighted by Gasteiger charge is -2.43. The Bertz CT molecular complexity index is 1010. The van der Waals surface area contributed by atoms with Gasteiger partial charge in [-0.2, -0.15) is 0 Å². The molecule has 0 saturated heterocycles. The zero-order chi connectivity index (χ0) is 22.2. The molecule has 32 heavy (non-hydrogen) atoms. The Hall–Kier alpha value is -3.08. The van der Waals surface area contributed by atoms with Crippen molar-refractivity contribution in [3.05, 3.63) is 66.2 Å². The molecule has 2 aromatic rings. The van der Waals surface area contributed by atoms with Crippen LogP contribution in [0.3, 0.4) is 0 Å². The first-order chi connectivity index (χ1) is 15.6. The smallest absolute Gasteiger partial charge is 0.237 e. The van der Waals surface area contributed by atoms with Crippen LogP contribution in [0.4, 0.5) is 5.69 Å². The Morgan fingerprint density at radius 3 is 2.34 bits per heavy atom. The number of methoxy groups -OCH3 is 1. The molecule has 0 N–H and O–H groups in total. The molecule has 6 atom stereocenters. The first kappa shape index (κ1) is 20.8. The van der Waals surface area contributed by atoms with E-state index < -0.39 is 0 Å². The SMILES string of the molecule is COc1ccc(CCOc2ccc(N(C=O)C(=O)C3C(C)C4C=CC3C3CC43)cc2)cc1. The summed E-state index contributed by atoms with van der Waals surface area (Å²) in [5, 5.41) is 0. The Labute approximate surface area is 189 Å². The summed E-state index contributed by atoms with van der Waals surface area (Å²) in [6.07, 6.45) is 7.19. The van der Waals surface area contributed by atoms with Crippen LogP contribution in [0.15, 0.2) is 60.7 Å². The third-order valence-electron chi connectivity index (χ3n) is 7.59. The number of hydrogen-bond acceptors (Lipinski definition) is 4. The average molecular weight is 432 g/mol. The molecule has 5 heteroatoms. The molecule has 2 saturated carbocycles. The Morgan fingerprint density at radius 2 is 1.66 bits per heavy atom. The largest absolute Gasteiger partial charge is 0.497 e. The van der Waals surface area contributed by atoms with Crippen molar-refractivity contribution in [2.75, 3.05) is 18.6 Å². The van der Waals surface area contributed by atoms with E-state index in [4.69, 9.17) is 9.47 Å². The second kappa shape index (κ2) is 8.45. The molecule has 0 radical (unpaired) electrons. The highest BCUT2D eigenvalue weighted by atomic mass is 16.5. The second-order valence-electron chi connectivity index (χ2n) is 9.24. The van der Waals surface area contributed by atoms with Gasteiger partial charge >= 0.3 is 0 Å². The minimum Gasteiger partial charge on any atom is -0.497 e. The molecule has 4 aliphatic carbocycles. The Kier molecular flexibility index (Phi) is 5.50. The van der Waals surface area contributed by atoms with E-state index in [2.05, 4.69) is 19.1 Å². The lowest BCUT2D eigenvalue weighted by Crippen LogP contribution is -2.47. The minimum atomic E-state index is -0.112. The van der Waals surface area contributed by atoms with Crippen LogP contribution >= 0.6 is 0 Å². The van der Waals surface area contributed by atoms with Crippen LogP contribution in [-0.4, -0.2) is 26.0 Å². The summed E-state index contributed by atoms with van der Waals surface area (Å²) < 4.78 is 11.0. The van der Waals surface area contributed by atoms with Crippen LogP contribution in [-0.2, 0) is 16.0 Å². The summed E-state index contributed by atoms with van der Waals surface area (Å²) >= 11 is 0. The number of ether oxygens (including phenoxy) is 2. The molecule has 6 rings (SSSR count). The normalized spacial score (nSPS) is 29.2. The number of allylic oxidation sites excluding steroid dienone is 2. The van der Waals surface area contributed by atoms with Crippen LogP contribution < -0.4 is 14.4 Å². The van der Waals surface area contributed by atoms with Crippen molar-refractivity contribution in [1.29, 1.82) is 0 Å². The van der Waals surface area contributed by atoms with Gasteiger partial charge in [-0.3, -0.25) is 14.5 Å². The summed E-state index contributed by atoms with van der Waals surface area (Å²) in [7, 11) is 1.65. The Morgan fingerprint density at radius 1 is 1.00 bits per heavy atom. The fourth-order valence-electron chi connectivity index (χ4n) is 5.78. The predicted molar refractivity (Wildman–Crippen MR) is 123 cm³/mol. The number of rotatable bonds is 8. The number of imide groups is 1. The van der Waals surface area contributed by atoms with Crippen LogP contribution in [0, 0.1) is 35.5 Å². The standard InChI is InChI=1S/C27H29NO4/c1-17-22-11-12-23(25-15-24(22)25)26(17)27(30)28(16-29)19-5-9-21(10-6-19)32-14-13-18-3-7-20(31-2)8-4-18/h3-12,16-17,22-26H,13-15H2,1-2H3. The molecule has 2 aromatic carbocycles. The highest BCUT2D eigenvalue weighted by Crippen LogP contribution is 2.63. The van der Waals surface area contributed by atoms with Gasteiger partial charge in [-0.05, 0) is 78.0 Å². The van der Waals surface area contributed by atoms with Crippen molar-refractivity contribution in [3.8, 4) is 11.5 Å². The van der Waals surface area contributed by atoms with Gasteiger partial charge in [-0.1, -0.05) is 31.2 Å². The summed E-state index contributed by atoms with van der Waals surface area (Å²) in [5.41, 5.74) is 1.76. The van der Waals surface area contributed by atoms with E-state index >= 15 is 0 Å². The molecule has 2 bridgehead atoms. The number of carbonyl (C=O) groups is 2. The molecule has 6 unspecified atom stereocenters. The summed E-state index contributed by atoms with van der Waals surface area (Å²) in [6.45, 7) is 2.71. The maximum absolute atomic E-state index is 13.4. The molecule has 0 spiro atoms. The number of nitrogens with zero attached hydrogens (tertiary/aromatic N) is 1. The van der Waals surface area contributed by atoms with Gasteiger partial charge < -0.3 is 9.47 Å². The molecule has 0 aromatic heterocycles. The van der Waals surface area contributed by atoms with E-state index in [1.165, 1.54) is 16.9 Å². The molecule has 2 fully saturated rings. The zero-order valence-electron chi connectivity index (χ0n) is 18.5. The number of anilines is 1. The van der Waals surface area contributed by atoms with Gasteiger partial charge in [-0.15, -0.1) is 0 Å². The van der Waals surface area contributed by atoms with E-state index in [0.29, 0.717) is 30.5 Å². The van der Waals surface area contributed by atoms with E-state index in [1.807, 2.05) is 36.4 Å². The fourth-order valence-corrected chi connectivity index (χ4v) is 5.78. The maximum Gasteiger partial charge on any atom is 0.237 e. The van der Waals surface area contributed by atoms with Crippen molar-refractivity contribution in [2.45, 2.75) is 19.8 Å². The van der Waals surface area contributed by atoms with Crippen molar-refractivity contribution in [3.63, 3.8) is 0 Å². The molecule has 0 heterocycles. The van der Waals surface area contributed by atoms with Gasteiger partial charge in [0.1, 0.15) is 11.5 Å². The zero-order valence-corrected chi connectivity index (χ0v) is 18.5. The molecule has 2 amide bonds. The van der Waals surface area contributed by atoms with Crippen LogP contribution in [0.25, 0.3) is 0 Å². The average Bonchev–Trinajstić information content (AvgIpc) is 3.64. The lowest BCUT2D eigenvalue weighted by molar-refractivity contribution is -0.129. The second-order valence-corrected chi connectivity index (χ2v) is 9.24. The third kappa shape index (κ3) is 3.70. The highest BCUT2D eigenvalue weighted by molar-refractivity contribution is 6.08. The van der Waals surface area contributed by atoms with Crippen LogP contribution in [0.2, 0.25) is 0 Å². The first-order valence-corrected chi connectivity index (χ1v) is 11.4. The highest BCUT2D eigenvalue weighted by Gasteiger charge is 2.60. The van der Waals surface area contributed by atoms with E-state index in [1.54, 1.807) is 19.2 Å². The summed E-state index contributed by atoms with van der Waals surface area (Å²) in [6, 6.07) is 15.1. The molecular formula is C27H29NO4. The summed E-state index contributed by atoms with van der Waals surface area (Å²) in [4.78, 5) is 26.6. The third-order valence-corrected chi connectivity index (χ3v) is 7.59.